The number of rotatable bonds is 16. The predicted octanol–water partition coefficient (Wildman–Crippen LogP) is 8.36. The fraction of sp³-hybridized carbons (Fsp3) is 0.452. The van der Waals surface area contributed by atoms with Crippen LogP contribution in [0.3, 0.4) is 0 Å². The van der Waals surface area contributed by atoms with Gasteiger partial charge in [0.25, 0.3) is 0 Å². The van der Waals surface area contributed by atoms with Crippen LogP contribution in [0.2, 0.25) is 0 Å². The van der Waals surface area contributed by atoms with Crippen LogP contribution in [0.25, 0.3) is 11.4 Å². The molecule has 5 nitrogen and oxygen atoms in total. The fourth-order valence-electron chi connectivity index (χ4n) is 4.04. The molecule has 37 heavy (non-hydrogen) atoms. The molecule has 0 spiro atoms. The largest absolute Gasteiger partial charge is 0.491 e. The Hall–Kier alpha value is -3.28. The molecule has 3 aromatic rings. The van der Waals surface area contributed by atoms with E-state index in [0.717, 1.165) is 42.9 Å². The van der Waals surface area contributed by atoms with Crippen LogP contribution in [0, 0.1) is 5.82 Å². The molecule has 1 heterocycles. The van der Waals surface area contributed by atoms with E-state index < -0.39 is 11.8 Å². The predicted molar refractivity (Wildman–Crippen MR) is 146 cm³/mol. The minimum atomic E-state index is -0.627. The number of aromatic nitrogens is 2. The van der Waals surface area contributed by atoms with Gasteiger partial charge in [-0.15, -0.1) is 0 Å². The second-order valence-electron chi connectivity index (χ2n) is 9.40. The van der Waals surface area contributed by atoms with Crippen LogP contribution in [0.1, 0.15) is 94.0 Å². The molecule has 0 aliphatic carbocycles. The number of hydrogen-bond acceptors (Lipinski definition) is 5. The summed E-state index contributed by atoms with van der Waals surface area (Å²) >= 11 is 0. The Morgan fingerprint density at radius 1 is 0.811 bits per heavy atom. The van der Waals surface area contributed by atoms with E-state index in [4.69, 9.17) is 9.47 Å². The van der Waals surface area contributed by atoms with Crippen molar-refractivity contribution in [1.82, 2.24) is 9.97 Å². The summed E-state index contributed by atoms with van der Waals surface area (Å²) in [5.74, 6) is -0.0554. The molecule has 6 heteroatoms. The third-order valence-electron chi connectivity index (χ3n) is 6.27. The van der Waals surface area contributed by atoms with E-state index >= 15 is 0 Å². The second kappa shape index (κ2) is 15.7. The van der Waals surface area contributed by atoms with Gasteiger partial charge in [-0.25, -0.2) is 19.2 Å². The maximum absolute atomic E-state index is 14.5. The topological polar surface area (TPSA) is 61.3 Å². The summed E-state index contributed by atoms with van der Waals surface area (Å²) in [5.41, 5.74) is 2.09. The van der Waals surface area contributed by atoms with Crippen molar-refractivity contribution < 1.29 is 18.7 Å². The average molecular weight is 507 g/mol. The zero-order valence-electron chi connectivity index (χ0n) is 22.2. The minimum Gasteiger partial charge on any atom is -0.491 e. The summed E-state index contributed by atoms with van der Waals surface area (Å²) in [4.78, 5) is 21.4. The number of esters is 1. The van der Waals surface area contributed by atoms with Crippen molar-refractivity contribution in [2.75, 3.05) is 6.61 Å². The average Bonchev–Trinajstić information content (AvgIpc) is 2.92. The smallest absolute Gasteiger partial charge is 0.343 e. The zero-order valence-corrected chi connectivity index (χ0v) is 22.2. The Morgan fingerprint density at radius 2 is 1.46 bits per heavy atom. The van der Waals surface area contributed by atoms with E-state index in [-0.39, 0.29) is 11.3 Å². The molecule has 198 valence electrons. The highest BCUT2D eigenvalue weighted by Gasteiger charge is 2.13. The van der Waals surface area contributed by atoms with E-state index in [1.54, 1.807) is 24.3 Å². The lowest BCUT2D eigenvalue weighted by molar-refractivity contribution is 0.0734. The number of aryl methyl sites for hydroxylation is 1. The summed E-state index contributed by atoms with van der Waals surface area (Å²) in [6.45, 7) is 4.85. The first-order chi connectivity index (χ1) is 18.1. The van der Waals surface area contributed by atoms with E-state index in [9.17, 15) is 9.18 Å². The van der Waals surface area contributed by atoms with E-state index in [2.05, 4.69) is 23.8 Å². The van der Waals surface area contributed by atoms with E-state index in [0.29, 0.717) is 18.2 Å². The van der Waals surface area contributed by atoms with Crippen LogP contribution in [0.5, 0.6) is 11.5 Å². The van der Waals surface area contributed by atoms with Crippen LogP contribution in [0.4, 0.5) is 4.39 Å². The third kappa shape index (κ3) is 9.60. The van der Waals surface area contributed by atoms with Gasteiger partial charge in [0.05, 0.1) is 12.2 Å². The maximum atomic E-state index is 14.5. The van der Waals surface area contributed by atoms with Crippen LogP contribution in [0.15, 0.2) is 54.9 Å². The highest BCUT2D eigenvalue weighted by Crippen LogP contribution is 2.23. The first-order valence-electron chi connectivity index (χ1n) is 13.7. The molecule has 0 fully saturated rings. The lowest BCUT2D eigenvalue weighted by atomic mass is 10.1. The summed E-state index contributed by atoms with van der Waals surface area (Å²) in [5, 5.41) is 0. The maximum Gasteiger partial charge on any atom is 0.343 e. The molecular formula is C31H39FN2O3. The number of ether oxygens (including phenoxy) is 2. The molecule has 0 aliphatic heterocycles. The molecule has 0 saturated heterocycles. The Labute approximate surface area is 220 Å². The number of halogens is 1. The van der Waals surface area contributed by atoms with Crippen LogP contribution in [-0.4, -0.2) is 22.5 Å². The molecule has 0 unspecified atom stereocenters. The summed E-state index contributed by atoms with van der Waals surface area (Å²) < 4.78 is 25.5. The van der Waals surface area contributed by atoms with Gasteiger partial charge >= 0.3 is 5.97 Å². The van der Waals surface area contributed by atoms with E-state index in [1.165, 1.54) is 57.1 Å². The van der Waals surface area contributed by atoms with Gasteiger partial charge in [-0.3, -0.25) is 0 Å². The van der Waals surface area contributed by atoms with Crippen molar-refractivity contribution in [2.45, 2.75) is 84.5 Å². The van der Waals surface area contributed by atoms with Gasteiger partial charge in [0.1, 0.15) is 5.75 Å². The number of carbonyl (C=O) groups is 1. The number of carbonyl (C=O) groups excluding carboxylic acids is 1. The quantitative estimate of drug-likeness (QED) is 0.111. The van der Waals surface area contributed by atoms with Crippen LogP contribution < -0.4 is 9.47 Å². The van der Waals surface area contributed by atoms with Crippen molar-refractivity contribution in [1.29, 1.82) is 0 Å². The minimum absolute atomic E-state index is 0.131. The van der Waals surface area contributed by atoms with Gasteiger partial charge in [0.15, 0.2) is 17.4 Å². The highest BCUT2D eigenvalue weighted by atomic mass is 19.1. The Morgan fingerprint density at radius 3 is 2.14 bits per heavy atom. The molecule has 0 bridgehead atoms. The molecule has 0 amide bonds. The lowest BCUT2D eigenvalue weighted by Crippen LogP contribution is -2.09. The molecule has 3 rings (SSSR count). The summed E-state index contributed by atoms with van der Waals surface area (Å²) in [6.07, 6.45) is 16.4. The SMILES string of the molecule is CCCCCCCCCOc1ccc(C(=O)Oc2ccc(-c3ncc(CCCCC)cn3)cc2)cc1F. The normalized spacial score (nSPS) is 10.9. The third-order valence-corrected chi connectivity index (χ3v) is 6.27. The molecule has 0 saturated carbocycles. The van der Waals surface area contributed by atoms with E-state index in [1.807, 2.05) is 12.4 Å². The number of unbranched alkanes of at least 4 members (excludes halogenated alkanes) is 8. The first kappa shape index (κ1) is 28.3. The second-order valence-corrected chi connectivity index (χ2v) is 9.40. The van der Waals surface area contributed by atoms with Gasteiger partial charge < -0.3 is 9.47 Å². The number of nitrogens with zero attached hydrogens (tertiary/aromatic N) is 2. The van der Waals surface area contributed by atoms with Gasteiger partial charge in [-0.1, -0.05) is 65.2 Å². The van der Waals surface area contributed by atoms with Gasteiger partial charge in [-0.2, -0.15) is 0 Å². The molecular weight excluding hydrogens is 467 g/mol. The van der Waals surface area contributed by atoms with Crippen molar-refractivity contribution in [2.24, 2.45) is 0 Å². The van der Waals surface area contributed by atoms with Crippen molar-refractivity contribution in [3.63, 3.8) is 0 Å². The summed E-state index contributed by atoms with van der Waals surface area (Å²) in [6, 6.07) is 11.1. The standard InChI is InChI=1S/C31H39FN2O3/c1-3-5-7-8-9-10-12-20-36-29-19-16-26(21-28(29)32)31(35)37-27-17-14-25(15-18-27)30-33-22-24(23-34-30)13-11-6-4-2/h14-19,21-23H,3-13,20H2,1-2H3. The molecule has 2 aromatic carbocycles. The molecule has 1 aromatic heterocycles. The fourth-order valence-corrected chi connectivity index (χ4v) is 4.04. The van der Waals surface area contributed by atoms with Gasteiger partial charge in [0, 0.05) is 18.0 Å². The van der Waals surface area contributed by atoms with Crippen molar-refractivity contribution in [3.8, 4) is 22.9 Å². The zero-order chi connectivity index (χ0) is 26.3. The van der Waals surface area contributed by atoms with Gasteiger partial charge in [-0.05, 0) is 67.3 Å². The highest BCUT2D eigenvalue weighted by molar-refractivity contribution is 5.91. The van der Waals surface area contributed by atoms with Crippen molar-refractivity contribution in [3.05, 3.63) is 71.8 Å². The molecule has 0 aliphatic rings. The first-order valence-corrected chi connectivity index (χ1v) is 13.7. The number of hydrogen-bond donors (Lipinski definition) is 0. The molecule has 0 radical (unpaired) electrons. The lowest BCUT2D eigenvalue weighted by Gasteiger charge is -2.09. The Bertz CT molecular complexity index is 1080. The molecule has 0 atom stereocenters. The van der Waals surface area contributed by atoms with Crippen LogP contribution >= 0.6 is 0 Å². The van der Waals surface area contributed by atoms with Crippen LogP contribution in [-0.2, 0) is 6.42 Å². The summed E-state index contributed by atoms with van der Waals surface area (Å²) in [7, 11) is 0. The van der Waals surface area contributed by atoms with Crippen molar-refractivity contribution >= 4 is 5.97 Å². The molecule has 0 N–H and O–H groups in total. The Balaban J connectivity index is 1.46. The Kier molecular flexibility index (Phi) is 12.0. The number of benzene rings is 2. The van der Waals surface area contributed by atoms with Gasteiger partial charge in [0.2, 0.25) is 0 Å². The monoisotopic (exact) mass is 506 g/mol.